The predicted molar refractivity (Wildman–Crippen MR) is 124 cm³/mol. The molecular formula is C27H24N2O. The van der Waals surface area contributed by atoms with Gasteiger partial charge in [0, 0.05) is 35.6 Å². The summed E-state index contributed by atoms with van der Waals surface area (Å²) in [4.78, 5) is 13.4. The molecule has 0 bridgehead atoms. The van der Waals surface area contributed by atoms with Gasteiger partial charge in [0.2, 0.25) is 0 Å². The van der Waals surface area contributed by atoms with Gasteiger partial charge in [-0.3, -0.25) is 4.79 Å². The first-order valence-electron chi connectivity index (χ1n) is 10.1. The molecule has 2 N–H and O–H groups in total. The molecule has 0 aromatic heterocycles. The summed E-state index contributed by atoms with van der Waals surface area (Å²) in [6.07, 6.45) is 0. The second-order valence-electron chi connectivity index (χ2n) is 7.10. The highest BCUT2D eigenvalue weighted by Crippen LogP contribution is 2.25. The summed E-state index contributed by atoms with van der Waals surface area (Å²) in [7, 11) is 0. The van der Waals surface area contributed by atoms with Crippen molar-refractivity contribution in [3.63, 3.8) is 0 Å². The SMILES string of the molecule is O=C(c1ccccc1NCc1ccccc1)c1ccccc1NCc1ccccc1. The summed E-state index contributed by atoms with van der Waals surface area (Å²) < 4.78 is 0. The number of benzene rings is 4. The van der Waals surface area contributed by atoms with Gasteiger partial charge in [-0.1, -0.05) is 84.9 Å². The van der Waals surface area contributed by atoms with Crippen LogP contribution in [-0.2, 0) is 13.1 Å². The van der Waals surface area contributed by atoms with Crippen LogP contribution in [0.1, 0.15) is 27.0 Å². The molecule has 0 radical (unpaired) electrons. The Morgan fingerprint density at radius 1 is 0.500 bits per heavy atom. The van der Waals surface area contributed by atoms with E-state index in [4.69, 9.17) is 0 Å². The molecule has 3 nitrogen and oxygen atoms in total. The van der Waals surface area contributed by atoms with Gasteiger partial charge in [-0.25, -0.2) is 0 Å². The standard InChI is InChI=1S/C27H24N2O/c30-27(23-15-7-9-17-25(23)28-19-21-11-3-1-4-12-21)24-16-8-10-18-26(24)29-20-22-13-5-2-6-14-22/h1-18,28-29H,19-20H2. The quantitative estimate of drug-likeness (QED) is 0.354. The first kappa shape index (κ1) is 19.5. The molecule has 0 amide bonds. The molecule has 4 aromatic rings. The Morgan fingerprint density at radius 2 is 0.867 bits per heavy atom. The third kappa shape index (κ3) is 4.76. The van der Waals surface area contributed by atoms with E-state index < -0.39 is 0 Å². The molecule has 0 heterocycles. The van der Waals surface area contributed by atoms with Crippen molar-refractivity contribution >= 4 is 17.2 Å². The number of ketones is 1. The summed E-state index contributed by atoms with van der Waals surface area (Å²) in [6, 6.07) is 35.7. The van der Waals surface area contributed by atoms with Crippen molar-refractivity contribution in [1.29, 1.82) is 0 Å². The highest BCUT2D eigenvalue weighted by atomic mass is 16.1. The van der Waals surface area contributed by atoms with E-state index in [9.17, 15) is 4.79 Å². The lowest BCUT2D eigenvalue weighted by atomic mass is 9.99. The highest BCUT2D eigenvalue weighted by molar-refractivity contribution is 6.15. The number of anilines is 2. The smallest absolute Gasteiger partial charge is 0.197 e. The number of carbonyl (C=O) groups excluding carboxylic acids is 1. The molecule has 0 fully saturated rings. The molecule has 0 saturated heterocycles. The fourth-order valence-electron chi connectivity index (χ4n) is 3.40. The molecule has 0 unspecified atom stereocenters. The summed E-state index contributed by atoms with van der Waals surface area (Å²) >= 11 is 0. The fraction of sp³-hybridized carbons (Fsp3) is 0.0741. The average molecular weight is 393 g/mol. The van der Waals surface area contributed by atoms with Crippen LogP contribution in [0.15, 0.2) is 109 Å². The topological polar surface area (TPSA) is 41.1 Å². The van der Waals surface area contributed by atoms with Crippen LogP contribution < -0.4 is 10.6 Å². The van der Waals surface area contributed by atoms with E-state index in [1.165, 1.54) is 11.1 Å². The van der Waals surface area contributed by atoms with Crippen molar-refractivity contribution in [1.82, 2.24) is 0 Å². The van der Waals surface area contributed by atoms with Gasteiger partial charge in [0.05, 0.1) is 0 Å². The summed E-state index contributed by atoms with van der Waals surface area (Å²) in [5.74, 6) is 0.00215. The lowest BCUT2D eigenvalue weighted by molar-refractivity contribution is 0.104. The van der Waals surface area contributed by atoms with Gasteiger partial charge < -0.3 is 10.6 Å². The van der Waals surface area contributed by atoms with Crippen LogP contribution in [0.3, 0.4) is 0 Å². The molecule has 0 aliphatic rings. The van der Waals surface area contributed by atoms with Gasteiger partial charge in [0.15, 0.2) is 5.78 Å². The summed E-state index contributed by atoms with van der Waals surface area (Å²) in [5.41, 5.74) is 5.35. The number of hydrogen-bond donors (Lipinski definition) is 2. The number of rotatable bonds is 8. The monoisotopic (exact) mass is 392 g/mol. The van der Waals surface area contributed by atoms with Crippen LogP contribution in [-0.4, -0.2) is 5.78 Å². The minimum atomic E-state index is 0.00215. The lowest BCUT2D eigenvalue weighted by Gasteiger charge is -2.15. The number of hydrogen-bond acceptors (Lipinski definition) is 3. The minimum absolute atomic E-state index is 0.00215. The number of carbonyl (C=O) groups is 1. The molecule has 3 heteroatoms. The Kier molecular flexibility index (Phi) is 6.21. The van der Waals surface area contributed by atoms with Gasteiger partial charge in [0.1, 0.15) is 0 Å². The van der Waals surface area contributed by atoms with E-state index in [2.05, 4.69) is 34.9 Å². The first-order valence-corrected chi connectivity index (χ1v) is 10.1. The van der Waals surface area contributed by atoms with Gasteiger partial charge in [-0.15, -0.1) is 0 Å². The molecule has 0 spiro atoms. The second-order valence-corrected chi connectivity index (χ2v) is 7.10. The minimum Gasteiger partial charge on any atom is -0.380 e. The first-order chi connectivity index (χ1) is 14.8. The Hall–Kier alpha value is -3.85. The normalized spacial score (nSPS) is 10.4. The van der Waals surface area contributed by atoms with Crippen molar-refractivity contribution in [2.45, 2.75) is 13.1 Å². The molecule has 4 rings (SSSR count). The third-order valence-corrected chi connectivity index (χ3v) is 4.99. The van der Waals surface area contributed by atoms with E-state index in [1.54, 1.807) is 0 Å². The molecule has 0 aliphatic heterocycles. The largest absolute Gasteiger partial charge is 0.380 e. The second kappa shape index (κ2) is 9.57. The van der Waals surface area contributed by atoms with E-state index in [0.717, 1.165) is 11.4 Å². The maximum atomic E-state index is 13.4. The summed E-state index contributed by atoms with van der Waals surface area (Å²) in [6.45, 7) is 1.33. The molecule has 30 heavy (non-hydrogen) atoms. The van der Waals surface area contributed by atoms with Crippen LogP contribution in [0.5, 0.6) is 0 Å². The van der Waals surface area contributed by atoms with Crippen molar-refractivity contribution < 1.29 is 4.79 Å². The van der Waals surface area contributed by atoms with E-state index in [-0.39, 0.29) is 5.78 Å². The van der Waals surface area contributed by atoms with Crippen molar-refractivity contribution in [2.24, 2.45) is 0 Å². The Morgan fingerprint density at radius 3 is 1.30 bits per heavy atom. The highest BCUT2D eigenvalue weighted by Gasteiger charge is 2.16. The van der Waals surface area contributed by atoms with Gasteiger partial charge in [-0.2, -0.15) is 0 Å². The molecule has 0 aliphatic carbocycles. The Balaban J connectivity index is 1.55. The molecular weight excluding hydrogens is 368 g/mol. The van der Waals surface area contributed by atoms with Crippen LogP contribution in [0, 0.1) is 0 Å². The van der Waals surface area contributed by atoms with Crippen LogP contribution >= 0.6 is 0 Å². The summed E-state index contributed by atoms with van der Waals surface area (Å²) in [5, 5.41) is 6.83. The predicted octanol–water partition coefficient (Wildman–Crippen LogP) is 6.14. The van der Waals surface area contributed by atoms with Crippen molar-refractivity contribution in [3.05, 3.63) is 131 Å². The van der Waals surface area contributed by atoms with E-state index >= 15 is 0 Å². The fourth-order valence-corrected chi connectivity index (χ4v) is 3.40. The molecule has 148 valence electrons. The van der Waals surface area contributed by atoms with Crippen LogP contribution in [0.2, 0.25) is 0 Å². The Bertz CT molecular complexity index is 1020. The van der Waals surface area contributed by atoms with Gasteiger partial charge >= 0.3 is 0 Å². The molecule has 0 atom stereocenters. The average Bonchev–Trinajstić information content (AvgIpc) is 2.83. The van der Waals surface area contributed by atoms with E-state index in [0.29, 0.717) is 24.2 Å². The third-order valence-electron chi connectivity index (χ3n) is 4.99. The Labute approximate surface area is 177 Å². The maximum Gasteiger partial charge on any atom is 0.197 e. The zero-order valence-electron chi connectivity index (χ0n) is 16.7. The molecule has 4 aromatic carbocycles. The lowest BCUT2D eigenvalue weighted by Crippen LogP contribution is -2.11. The maximum absolute atomic E-state index is 13.4. The number of para-hydroxylation sites is 2. The van der Waals surface area contributed by atoms with Crippen molar-refractivity contribution in [2.75, 3.05) is 10.6 Å². The van der Waals surface area contributed by atoms with Crippen LogP contribution in [0.25, 0.3) is 0 Å². The zero-order chi connectivity index (χ0) is 20.6. The van der Waals surface area contributed by atoms with Gasteiger partial charge in [0.25, 0.3) is 0 Å². The van der Waals surface area contributed by atoms with Crippen LogP contribution in [0.4, 0.5) is 11.4 Å². The number of nitrogens with one attached hydrogen (secondary N) is 2. The molecule has 0 saturated carbocycles. The zero-order valence-corrected chi connectivity index (χ0v) is 16.7. The van der Waals surface area contributed by atoms with E-state index in [1.807, 2.05) is 84.9 Å². The van der Waals surface area contributed by atoms with Crippen molar-refractivity contribution in [3.8, 4) is 0 Å². The van der Waals surface area contributed by atoms with Gasteiger partial charge in [-0.05, 0) is 35.4 Å².